The molecular weight excluding hydrogens is 438 g/mol. The number of carboxylic acids is 1. The fourth-order valence-electron chi connectivity index (χ4n) is 4.12. The molecule has 33 heavy (non-hydrogen) atoms. The second-order valence-corrected chi connectivity index (χ2v) is 8.40. The van der Waals surface area contributed by atoms with Crippen molar-refractivity contribution < 1.29 is 14.6 Å². The molecule has 6 nitrogen and oxygen atoms in total. The van der Waals surface area contributed by atoms with E-state index >= 15 is 0 Å². The summed E-state index contributed by atoms with van der Waals surface area (Å²) in [5, 5.41) is 26.1. The van der Waals surface area contributed by atoms with E-state index in [0.29, 0.717) is 41.4 Å². The lowest BCUT2D eigenvalue weighted by Gasteiger charge is -2.34. The van der Waals surface area contributed by atoms with Crippen LogP contribution >= 0.6 is 11.6 Å². The first kappa shape index (κ1) is 22.7. The van der Waals surface area contributed by atoms with Crippen molar-refractivity contribution in [1.82, 2.24) is 5.32 Å². The van der Waals surface area contributed by atoms with E-state index in [-0.39, 0.29) is 18.6 Å². The summed E-state index contributed by atoms with van der Waals surface area (Å²) in [6.45, 7) is 1.23. The number of hydrogen-bond acceptors (Lipinski definition) is 5. The van der Waals surface area contributed by atoms with E-state index in [0.717, 1.165) is 16.8 Å². The summed E-state index contributed by atoms with van der Waals surface area (Å²) in [5.41, 5.74) is 4.06. The molecule has 1 aliphatic heterocycles. The number of nitrogens with zero attached hydrogens (tertiary/aromatic N) is 1. The van der Waals surface area contributed by atoms with Crippen LogP contribution in [0.4, 0.5) is 5.69 Å². The molecule has 0 aliphatic carbocycles. The number of aliphatic carboxylic acids is 1. The lowest BCUT2D eigenvalue weighted by molar-refractivity contribution is -0.136. The Morgan fingerprint density at radius 3 is 2.73 bits per heavy atom. The normalized spacial score (nSPS) is 15.5. The predicted octanol–water partition coefficient (Wildman–Crippen LogP) is 4.59. The number of carbonyl (C=O) groups is 1. The largest absolute Gasteiger partial charge is 0.483 e. The molecule has 1 heterocycles. The highest BCUT2D eigenvalue weighted by molar-refractivity contribution is 6.30. The summed E-state index contributed by atoms with van der Waals surface area (Å²) >= 11 is 6.20. The molecule has 0 spiro atoms. The van der Waals surface area contributed by atoms with Crippen molar-refractivity contribution in [3.63, 3.8) is 0 Å². The van der Waals surface area contributed by atoms with E-state index in [9.17, 15) is 10.1 Å². The molecule has 1 aliphatic rings. The van der Waals surface area contributed by atoms with Gasteiger partial charge in [0.25, 0.3) is 0 Å². The van der Waals surface area contributed by atoms with Crippen LogP contribution in [0, 0.1) is 11.3 Å². The first-order chi connectivity index (χ1) is 16.0. The van der Waals surface area contributed by atoms with Gasteiger partial charge < -0.3 is 20.5 Å². The van der Waals surface area contributed by atoms with Gasteiger partial charge in [-0.2, -0.15) is 5.26 Å². The Labute approximate surface area is 197 Å². The number of rotatable bonds is 8. The highest BCUT2D eigenvalue weighted by atomic mass is 35.5. The molecule has 4 rings (SSSR count). The van der Waals surface area contributed by atoms with Crippen LogP contribution < -0.4 is 15.4 Å². The zero-order chi connectivity index (χ0) is 23.2. The molecule has 0 radical (unpaired) electrons. The highest BCUT2D eigenvalue weighted by Gasteiger charge is 2.30. The number of hydrogen-bond donors (Lipinski definition) is 3. The van der Waals surface area contributed by atoms with Crippen molar-refractivity contribution in [2.24, 2.45) is 0 Å². The average molecular weight is 462 g/mol. The number of halogens is 1. The monoisotopic (exact) mass is 461 g/mol. The van der Waals surface area contributed by atoms with Gasteiger partial charge in [-0.05, 0) is 53.9 Å². The SMILES string of the molecule is N#Cc1cccc2c1O[C@@H]([C@H](NCCc1cc(Cl)cc(CC(=O)O)c1)c1ccccc1)CN2. The number of fused-ring (bicyclic) bond motifs is 1. The third-order valence-corrected chi connectivity index (χ3v) is 5.80. The van der Waals surface area contributed by atoms with Crippen LogP contribution in [0.1, 0.15) is 28.3 Å². The second-order valence-electron chi connectivity index (χ2n) is 7.96. The van der Waals surface area contributed by atoms with Gasteiger partial charge >= 0.3 is 5.97 Å². The van der Waals surface area contributed by atoms with Crippen molar-refractivity contribution in [2.45, 2.75) is 25.0 Å². The van der Waals surface area contributed by atoms with Crippen molar-refractivity contribution in [2.75, 3.05) is 18.4 Å². The molecule has 0 unspecified atom stereocenters. The third kappa shape index (κ3) is 5.64. The minimum absolute atomic E-state index is 0.0597. The molecule has 2 atom stereocenters. The Kier molecular flexibility index (Phi) is 7.13. The number of anilines is 1. The Bertz CT molecular complexity index is 1180. The Hall–Kier alpha value is -3.53. The van der Waals surface area contributed by atoms with Crippen LogP contribution in [-0.4, -0.2) is 30.3 Å². The van der Waals surface area contributed by atoms with Crippen molar-refractivity contribution in [3.8, 4) is 11.8 Å². The standard InChI is InChI=1S/C26H24ClN3O3/c27-21-12-17(11-18(13-21)14-24(31)32)9-10-29-25(19-5-2-1-3-6-19)23-16-30-22-8-4-7-20(15-28)26(22)33-23/h1-8,11-13,23,25,29-30H,9-10,14,16H2,(H,31,32)/t23-,25-/m1/s1. The molecule has 3 aromatic carbocycles. The van der Waals surface area contributed by atoms with E-state index in [1.807, 2.05) is 42.5 Å². The van der Waals surface area contributed by atoms with Crippen LogP contribution in [0.3, 0.4) is 0 Å². The molecule has 0 aromatic heterocycles. The van der Waals surface area contributed by atoms with Crippen molar-refractivity contribution in [1.29, 1.82) is 5.26 Å². The van der Waals surface area contributed by atoms with E-state index in [1.54, 1.807) is 12.1 Å². The molecule has 3 aromatic rings. The average Bonchev–Trinajstić information content (AvgIpc) is 2.81. The maximum atomic E-state index is 11.1. The summed E-state index contributed by atoms with van der Waals surface area (Å²) in [6, 6.07) is 23.1. The Morgan fingerprint density at radius 1 is 1.18 bits per heavy atom. The van der Waals surface area contributed by atoms with E-state index in [2.05, 4.69) is 28.8 Å². The van der Waals surface area contributed by atoms with E-state index in [4.69, 9.17) is 21.4 Å². The van der Waals surface area contributed by atoms with Gasteiger partial charge in [0.1, 0.15) is 12.2 Å². The number of carboxylic acid groups (broad SMARTS) is 1. The summed E-state index contributed by atoms with van der Waals surface area (Å²) in [6.07, 6.45) is 0.392. The fourth-order valence-corrected chi connectivity index (χ4v) is 4.40. The van der Waals surface area contributed by atoms with Gasteiger partial charge in [0.05, 0.1) is 30.3 Å². The van der Waals surface area contributed by atoms with Gasteiger partial charge in [0.15, 0.2) is 5.75 Å². The quantitative estimate of drug-likeness (QED) is 0.454. The highest BCUT2D eigenvalue weighted by Crippen LogP contribution is 2.35. The van der Waals surface area contributed by atoms with Gasteiger partial charge in [-0.15, -0.1) is 0 Å². The number of benzene rings is 3. The van der Waals surface area contributed by atoms with Crippen LogP contribution in [0.25, 0.3) is 0 Å². The minimum Gasteiger partial charge on any atom is -0.483 e. The summed E-state index contributed by atoms with van der Waals surface area (Å²) < 4.78 is 6.32. The fraction of sp³-hybridized carbons (Fsp3) is 0.231. The van der Waals surface area contributed by atoms with Gasteiger partial charge in [0.2, 0.25) is 0 Å². The molecule has 7 heteroatoms. The van der Waals surface area contributed by atoms with Crippen LogP contribution in [0.5, 0.6) is 5.75 Å². The topological polar surface area (TPSA) is 94.4 Å². The maximum Gasteiger partial charge on any atom is 0.307 e. The third-order valence-electron chi connectivity index (χ3n) is 5.58. The van der Waals surface area contributed by atoms with E-state index in [1.165, 1.54) is 0 Å². The van der Waals surface area contributed by atoms with Crippen LogP contribution in [-0.2, 0) is 17.6 Å². The molecule has 0 amide bonds. The van der Waals surface area contributed by atoms with E-state index < -0.39 is 5.97 Å². The van der Waals surface area contributed by atoms with Gasteiger partial charge in [-0.3, -0.25) is 4.79 Å². The van der Waals surface area contributed by atoms with Gasteiger partial charge in [0, 0.05) is 5.02 Å². The minimum atomic E-state index is -0.885. The smallest absolute Gasteiger partial charge is 0.307 e. The first-order valence-electron chi connectivity index (χ1n) is 10.8. The number of ether oxygens (including phenoxy) is 1. The molecule has 0 saturated carbocycles. The van der Waals surface area contributed by atoms with Crippen LogP contribution in [0.15, 0.2) is 66.7 Å². The molecule has 0 saturated heterocycles. The number of para-hydroxylation sites is 1. The van der Waals surface area contributed by atoms with Gasteiger partial charge in [-0.1, -0.05) is 54.1 Å². The summed E-state index contributed by atoms with van der Waals surface area (Å²) in [7, 11) is 0. The lowest BCUT2D eigenvalue weighted by Crippen LogP contribution is -2.43. The predicted molar refractivity (Wildman–Crippen MR) is 128 cm³/mol. The maximum absolute atomic E-state index is 11.1. The van der Waals surface area contributed by atoms with Crippen molar-refractivity contribution >= 4 is 23.3 Å². The number of nitrogens with one attached hydrogen (secondary N) is 2. The second kappa shape index (κ2) is 10.4. The Balaban J connectivity index is 1.51. The first-order valence-corrected chi connectivity index (χ1v) is 11.1. The zero-order valence-electron chi connectivity index (χ0n) is 17.9. The van der Waals surface area contributed by atoms with Gasteiger partial charge in [-0.25, -0.2) is 0 Å². The van der Waals surface area contributed by atoms with Crippen LogP contribution in [0.2, 0.25) is 5.02 Å². The zero-order valence-corrected chi connectivity index (χ0v) is 18.7. The summed E-state index contributed by atoms with van der Waals surface area (Å²) in [5.74, 6) is -0.309. The molecule has 168 valence electrons. The molecule has 0 fully saturated rings. The lowest BCUT2D eigenvalue weighted by atomic mass is 9.98. The molecule has 3 N–H and O–H groups in total. The number of nitriles is 1. The molecule has 0 bridgehead atoms. The summed E-state index contributed by atoms with van der Waals surface area (Å²) in [4.78, 5) is 11.1. The van der Waals surface area contributed by atoms with Crippen molar-refractivity contribution in [3.05, 3.63) is 94.0 Å². The Morgan fingerprint density at radius 2 is 1.97 bits per heavy atom. The molecular formula is C26H24ClN3O3.